The Morgan fingerprint density at radius 3 is 2.38 bits per heavy atom. The molecule has 1 heterocycles. The molecule has 0 aromatic carbocycles. The maximum Gasteiger partial charge on any atom is 0.175 e. The van der Waals surface area contributed by atoms with Gasteiger partial charge < -0.3 is 0 Å². The number of ketones is 1. The molecule has 88 valence electrons. The van der Waals surface area contributed by atoms with Crippen LogP contribution in [0.1, 0.15) is 42.8 Å². The van der Waals surface area contributed by atoms with Crippen LogP contribution in [0, 0.1) is 17.8 Å². The Kier molecular flexibility index (Phi) is 3.85. The Morgan fingerprint density at radius 1 is 1.25 bits per heavy atom. The van der Waals surface area contributed by atoms with E-state index in [1.807, 2.05) is 12.1 Å². The van der Waals surface area contributed by atoms with Gasteiger partial charge in [0.05, 0.1) is 8.66 Å². The molecule has 0 amide bonds. The van der Waals surface area contributed by atoms with Crippen molar-refractivity contribution in [2.24, 2.45) is 17.8 Å². The van der Waals surface area contributed by atoms with Gasteiger partial charge in [-0.05, 0) is 59.2 Å². The normalized spacial score (nSPS) is 30.3. The van der Waals surface area contributed by atoms with E-state index in [4.69, 9.17) is 0 Å². The van der Waals surface area contributed by atoms with Crippen LogP contribution in [0.25, 0.3) is 0 Å². The van der Waals surface area contributed by atoms with Gasteiger partial charge in [0.15, 0.2) is 5.78 Å². The predicted octanol–water partition coefficient (Wildman–Crippen LogP) is 4.77. The minimum absolute atomic E-state index is 0.254. The Hall–Kier alpha value is -0.150. The molecule has 0 aliphatic heterocycles. The zero-order chi connectivity index (χ0) is 11.7. The number of Topliss-reactive ketones (excluding diaryl/α,β-unsaturated/α-hetero) is 1. The number of carbonyl (C=O) groups is 1. The number of hydrogen-bond acceptors (Lipinski definition) is 2. The molecule has 2 rings (SSSR count). The summed E-state index contributed by atoms with van der Waals surface area (Å²) < 4.78 is 1.05. The molecule has 2 unspecified atom stereocenters. The van der Waals surface area contributed by atoms with E-state index < -0.39 is 0 Å². The van der Waals surface area contributed by atoms with Gasteiger partial charge in [0, 0.05) is 5.92 Å². The first-order valence-electron chi connectivity index (χ1n) is 5.85. The number of rotatable bonds is 2. The Bertz CT molecular complexity index is 375. The van der Waals surface area contributed by atoms with Crippen LogP contribution in [0.3, 0.4) is 0 Å². The summed E-state index contributed by atoms with van der Waals surface area (Å²) in [6.07, 6.45) is 3.41. The molecule has 1 aliphatic carbocycles. The van der Waals surface area contributed by atoms with E-state index >= 15 is 0 Å². The van der Waals surface area contributed by atoms with E-state index in [9.17, 15) is 4.79 Å². The highest BCUT2D eigenvalue weighted by Crippen LogP contribution is 2.36. The number of halogens is 1. The second kappa shape index (κ2) is 5.01. The van der Waals surface area contributed by atoms with Gasteiger partial charge in [-0.1, -0.05) is 13.8 Å². The molecule has 0 radical (unpaired) electrons. The minimum Gasteiger partial charge on any atom is -0.293 e. The second-order valence-corrected chi connectivity index (χ2v) is 7.55. The van der Waals surface area contributed by atoms with Crippen molar-refractivity contribution in [1.29, 1.82) is 0 Å². The lowest BCUT2D eigenvalue weighted by Crippen LogP contribution is -2.25. The van der Waals surface area contributed by atoms with Crippen LogP contribution in [0.15, 0.2) is 15.9 Å². The summed E-state index contributed by atoms with van der Waals surface area (Å²) in [4.78, 5) is 13.2. The van der Waals surface area contributed by atoms with E-state index in [0.29, 0.717) is 17.6 Å². The van der Waals surface area contributed by atoms with Crippen LogP contribution in [0.2, 0.25) is 0 Å². The third-order valence-electron chi connectivity index (χ3n) is 3.37. The second-order valence-electron chi connectivity index (χ2n) is 5.08. The fraction of sp³-hybridized carbons (Fsp3) is 0.615. The minimum atomic E-state index is 0.254. The van der Waals surface area contributed by atoms with Crippen molar-refractivity contribution in [2.45, 2.75) is 33.1 Å². The number of thiophene rings is 1. The summed E-state index contributed by atoms with van der Waals surface area (Å²) in [7, 11) is 0. The highest BCUT2D eigenvalue weighted by molar-refractivity contribution is 9.11. The fourth-order valence-corrected chi connectivity index (χ4v) is 4.21. The Labute approximate surface area is 109 Å². The molecule has 3 heteroatoms. The van der Waals surface area contributed by atoms with Crippen LogP contribution < -0.4 is 0 Å². The number of carbonyl (C=O) groups excluding carboxylic acids is 1. The molecule has 1 fully saturated rings. The van der Waals surface area contributed by atoms with Crippen molar-refractivity contribution in [3.05, 3.63) is 20.8 Å². The molecule has 0 spiro atoms. The van der Waals surface area contributed by atoms with Gasteiger partial charge in [-0.25, -0.2) is 0 Å². The molecule has 0 saturated heterocycles. The molecule has 0 N–H and O–H groups in total. The molecule has 1 aromatic rings. The first-order chi connectivity index (χ1) is 7.56. The molecule has 1 nitrogen and oxygen atoms in total. The lowest BCUT2D eigenvalue weighted by Gasteiger charge is -2.30. The van der Waals surface area contributed by atoms with Crippen molar-refractivity contribution in [2.75, 3.05) is 0 Å². The first kappa shape index (κ1) is 12.3. The SMILES string of the molecule is CC1CC(C)CC(C(=O)c2ccc(Br)s2)C1. The van der Waals surface area contributed by atoms with Crippen LogP contribution >= 0.6 is 27.3 Å². The van der Waals surface area contributed by atoms with Gasteiger partial charge in [0.1, 0.15) is 0 Å². The molecular weight excluding hydrogens is 284 g/mol. The summed E-state index contributed by atoms with van der Waals surface area (Å²) in [5, 5.41) is 0. The lowest BCUT2D eigenvalue weighted by atomic mass is 9.75. The first-order valence-corrected chi connectivity index (χ1v) is 7.46. The van der Waals surface area contributed by atoms with Crippen molar-refractivity contribution >= 4 is 33.0 Å². The molecular formula is C13H17BrOS. The van der Waals surface area contributed by atoms with Crippen molar-refractivity contribution in [3.63, 3.8) is 0 Å². The molecule has 1 saturated carbocycles. The van der Waals surface area contributed by atoms with Crippen molar-refractivity contribution in [1.82, 2.24) is 0 Å². The van der Waals surface area contributed by atoms with Crippen molar-refractivity contribution in [3.8, 4) is 0 Å². The Morgan fingerprint density at radius 2 is 1.88 bits per heavy atom. The van der Waals surface area contributed by atoms with Gasteiger partial charge in [-0.15, -0.1) is 11.3 Å². The van der Waals surface area contributed by atoms with E-state index in [0.717, 1.165) is 21.5 Å². The standard InChI is InChI=1S/C13H17BrOS/c1-8-5-9(2)7-10(6-8)13(15)11-3-4-12(14)16-11/h3-4,8-10H,5-7H2,1-2H3. The summed E-state index contributed by atoms with van der Waals surface area (Å²) in [5.41, 5.74) is 0. The topological polar surface area (TPSA) is 17.1 Å². The van der Waals surface area contributed by atoms with Gasteiger partial charge >= 0.3 is 0 Å². The largest absolute Gasteiger partial charge is 0.293 e. The summed E-state index contributed by atoms with van der Waals surface area (Å²) >= 11 is 4.97. The smallest absolute Gasteiger partial charge is 0.175 e. The summed E-state index contributed by atoms with van der Waals surface area (Å²) in [6, 6.07) is 3.91. The quantitative estimate of drug-likeness (QED) is 0.719. The maximum absolute atomic E-state index is 12.3. The summed E-state index contributed by atoms with van der Waals surface area (Å²) in [6.45, 7) is 4.53. The van der Waals surface area contributed by atoms with Gasteiger partial charge in [0.25, 0.3) is 0 Å². The van der Waals surface area contributed by atoms with E-state index in [1.165, 1.54) is 6.42 Å². The predicted molar refractivity (Wildman–Crippen MR) is 72.0 cm³/mol. The van der Waals surface area contributed by atoms with Crippen molar-refractivity contribution < 1.29 is 4.79 Å². The number of hydrogen-bond donors (Lipinski definition) is 0. The third kappa shape index (κ3) is 2.75. The van der Waals surface area contributed by atoms with E-state index in [1.54, 1.807) is 11.3 Å². The molecule has 2 atom stereocenters. The van der Waals surface area contributed by atoms with Gasteiger partial charge in [0.2, 0.25) is 0 Å². The molecule has 1 aromatic heterocycles. The van der Waals surface area contributed by atoms with Crippen LogP contribution in [0.5, 0.6) is 0 Å². The van der Waals surface area contributed by atoms with Crippen LogP contribution in [-0.4, -0.2) is 5.78 Å². The molecule has 1 aliphatic rings. The third-order valence-corrected chi connectivity index (χ3v) is 5.00. The average Bonchev–Trinajstić information content (AvgIpc) is 2.62. The zero-order valence-corrected chi connectivity index (χ0v) is 12.1. The molecule has 0 bridgehead atoms. The van der Waals surface area contributed by atoms with E-state index in [2.05, 4.69) is 29.8 Å². The monoisotopic (exact) mass is 300 g/mol. The van der Waals surface area contributed by atoms with Gasteiger partial charge in [-0.2, -0.15) is 0 Å². The highest BCUT2D eigenvalue weighted by atomic mass is 79.9. The lowest BCUT2D eigenvalue weighted by molar-refractivity contribution is 0.0840. The fourth-order valence-electron chi connectivity index (χ4n) is 2.81. The highest BCUT2D eigenvalue weighted by Gasteiger charge is 2.30. The van der Waals surface area contributed by atoms with Gasteiger partial charge in [-0.3, -0.25) is 4.79 Å². The maximum atomic E-state index is 12.3. The van der Waals surface area contributed by atoms with Crippen LogP contribution in [-0.2, 0) is 0 Å². The molecule has 16 heavy (non-hydrogen) atoms. The van der Waals surface area contributed by atoms with E-state index in [-0.39, 0.29) is 5.92 Å². The zero-order valence-electron chi connectivity index (χ0n) is 9.70. The van der Waals surface area contributed by atoms with Crippen LogP contribution in [0.4, 0.5) is 0 Å². The summed E-state index contributed by atoms with van der Waals surface area (Å²) in [5.74, 6) is 2.00. The Balaban J connectivity index is 2.09. The average molecular weight is 301 g/mol.